The highest BCUT2D eigenvalue weighted by molar-refractivity contribution is 6.31. The second-order valence-corrected chi connectivity index (χ2v) is 9.07. The van der Waals surface area contributed by atoms with Crippen molar-refractivity contribution in [2.45, 2.75) is 44.9 Å². The minimum absolute atomic E-state index is 0.0681. The van der Waals surface area contributed by atoms with Gasteiger partial charge in [-0.2, -0.15) is 0 Å². The highest BCUT2D eigenvalue weighted by atomic mass is 35.5. The van der Waals surface area contributed by atoms with E-state index in [1.807, 2.05) is 13.8 Å². The smallest absolute Gasteiger partial charge is 0.320 e. The summed E-state index contributed by atoms with van der Waals surface area (Å²) in [6, 6.07) is 5.60. The van der Waals surface area contributed by atoms with Crippen molar-refractivity contribution >= 4 is 23.4 Å². The molecule has 4 rings (SSSR count). The molecule has 2 atom stereocenters. The third-order valence-corrected chi connectivity index (χ3v) is 5.98. The van der Waals surface area contributed by atoms with Gasteiger partial charge in [0.2, 0.25) is 11.8 Å². The van der Waals surface area contributed by atoms with Crippen molar-refractivity contribution in [2.24, 2.45) is 0 Å². The van der Waals surface area contributed by atoms with Crippen LogP contribution in [0.25, 0.3) is 11.1 Å². The highest BCUT2D eigenvalue weighted by Crippen LogP contribution is 2.40. The molecule has 194 valence electrons. The van der Waals surface area contributed by atoms with Gasteiger partial charge in [-0.3, -0.25) is 14.9 Å². The van der Waals surface area contributed by atoms with Crippen LogP contribution in [0.2, 0.25) is 5.02 Å². The van der Waals surface area contributed by atoms with Crippen LogP contribution in [-0.4, -0.2) is 52.1 Å². The number of rotatable bonds is 9. The lowest BCUT2D eigenvalue weighted by molar-refractivity contribution is -0.139. The van der Waals surface area contributed by atoms with E-state index >= 15 is 4.39 Å². The molecule has 11 heteroatoms. The molecule has 2 N–H and O–H groups in total. The number of hydrogen-bond acceptors (Lipinski definition) is 8. The van der Waals surface area contributed by atoms with Crippen LogP contribution in [0.1, 0.15) is 37.0 Å². The van der Waals surface area contributed by atoms with E-state index in [0.29, 0.717) is 11.1 Å². The lowest BCUT2D eigenvalue weighted by Gasteiger charge is -2.17. The summed E-state index contributed by atoms with van der Waals surface area (Å²) in [4.78, 5) is 32.8. The first kappa shape index (κ1) is 26.3. The van der Waals surface area contributed by atoms with E-state index in [0.717, 1.165) is 6.07 Å². The average molecular weight is 530 g/mol. The van der Waals surface area contributed by atoms with Gasteiger partial charge in [0.15, 0.2) is 5.78 Å². The Morgan fingerprint density at radius 2 is 1.89 bits per heavy atom. The largest absolute Gasteiger partial charge is 0.481 e. The van der Waals surface area contributed by atoms with E-state index in [9.17, 15) is 14.7 Å². The molecule has 0 amide bonds. The summed E-state index contributed by atoms with van der Waals surface area (Å²) in [5.74, 6) is -1.70. The maximum absolute atomic E-state index is 15.3. The Balaban J connectivity index is 1.75. The summed E-state index contributed by atoms with van der Waals surface area (Å²) in [7, 11) is 1.44. The van der Waals surface area contributed by atoms with Crippen LogP contribution in [0.4, 0.5) is 4.39 Å². The SMILES string of the molecule is COc1ncccc1-c1cc(C(=O)C2CCC(C(=O)O)N2)c(F)cc1Oc1cnc(OC(C)C)c(Cl)c1. The number of aromatic nitrogens is 2. The average Bonchev–Trinajstić information content (AvgIpc) is 3.36. The van der Waals surface area contributed by atoms with E-state index in [2.05, 4.69) is 15.3 Å². The molecular formula is C26H25ClFN3O6. The van der Waals surface area contributed by atoms with Crippen LogP contribution >= 0.6 is 11.6 Å². The number of Topliss-reactive ketones (excluding diaryl/α,β-unsaturated/α-hetero) is 1. The summed E-state index contributed by atoms with van der Waals surface area (Å²) >= 11 is 6.28. The van der Waals surface area contributed by atoms with Crippen molar-refractivity contribution in [1.82, 2.24) is 15.3 Å². The number of pyridine rings is 2. The van der Waals surface area contributed by atoms with Gasteiger partial charge in [-0.25, -0.2) is 14.4 Å². The predicted molar refractivity (Wildman–Crippen MR) is 133 cm³/mol. The van der Waals surface area contributed by atoms with Gasteiger partial charge in [-0.1, -0.05) is 11.6 Å². The van der Waals surface area contributed by atoms with Crippen LogP contribution in [0, 0.1) is 5.82 Å². The number of nitrogens with one attached hydrogen (secondary N) is 1. The highest BCUT2D eigenvalue weighted by Gasteiger charge is 2.35. The Bertz CT molecular complexity index is 1340. The minimum Gasteiger partial charge on any atom is -0.481 e. The van der Waals surface area contributed by atoms with E-state index in [1.54, 1.807) is 12.1 Å². The quantitative estimate of drug-likeness (QED) is 0.372. The van der Waals surface area contributed by atoms with Crippen LogP contribution in [0.15, 0.2) is 42.7 Å². The summed E-state index contributed by atoms with van der Waals surface area (Å²) in [6.07, 6.45) is 3.32. The van der Waals surface area contributed by atoms with Gasteiger partial charge in [-0.15, -0.1) is 0 Å². The molecule has 0 radical (unpaired) electrons. The van der Waals surface area contributed by atoms with Crippen molar-refractivity contribution in [3.8, 4) is 34.4 Å². The monoisotopic (exact) mass is 529 g/mol. The topological polar surface area (TPSA) is 120 Å². The zero-order valence-corrected chi connectivity index (χ0v) is 21.1. The number of carboxylic acid groups (broad SMARTS) is 1. The number of nitrogens with zero attached hydrogens (tertiary/aromatic N) is 2. The second kappa shape index (κ2) is 11.1. The zero-order valence-electron chi connectivity index (χ0n) is 20.3. The molecule has 2 unspecified atom stereocenters. The lowest BCUT2D eigenvalue weighted by Crippen LogP contribution is -2.39. The van der Waals surface area contributed by atoms with E-state index in [4.69, 9.17) is 25.8 Å². The molecular weight excluding hydrogens is 505 g/mol. The standard InChI is InChI=1S/C26H25ClFN3O6/c1-13(2)36-25-18(27)9-14(12-30-25)37-22-11-19(28)17(23(32)20-6-7-21(31-20)26(33)34)10-16(22)15-5-4-8-29-24(15)35-3/h4-5,8-13,20-21,31H,6-7H2,1-3H3,(H,33,34). The molecule has 1 aliphatic rings. The van der Waals surface area contributed by atoms with Crippen molar-refractivity contribution < 1.29 is 33.3 Å². The number of hydrogen-bond donors (Lipinski definition) is 2. The molecule has 1 aromatic carbocycles. The first-order chi connectivity index (χ1) is 17.7. The summed E-state index contributed by atoms with van der Waals surface area (Å²) in [6.45, 7) is 3.68. The van der Waals surface area contributed by atoms with Crippen LogP contribution in [0.5, 0.6) is 23.3 Å². The minimum atomic E-state index is -1.06. The summed E-state index contributed by atoms with van der Waals surface area (Å²) in [5, 5.41) is 12.2. The molecule has 1 aliphatic heterocycles. The maximum Gasteiger partial charge on any atom is 0.320 e. The van der Waals surface area contributed by atoms with Crippen molar-refractivity contribution in [1.29, 1.82) is 0 Å². The zero-order chi connectivity index (χ0) is 26.7. The number of methoxy groups -OCH3 is 1. The predicted octanol–water partition coefficient (Wildman–Crippen LogP) is 4.91. The molecule has 0 spiro atoms. The van der Waals surface area contributed by atoms with Crippen LogP contribution < -0.4 is 19.5 Å². The molecule has 2 aromatic heterocycles. The number of carbonyl (C=O) groups is 2. The third kappa shape index (κ3) is 5.81. The van der Waals surface area contributed by atoms with E-state index in [1.165, 1.54) is 31.6 Å². The van der Waals surface area contributed by atoms with Crippen LogP contribution in [-0.2, 0) is 4.79 Å². The number of carbonyl (C=O) groups excluding carboxylic acids is 1. The Labute approximate surface area is 217 Å². The molecule has 37 heavy (non-hydrogen) atoms. The molecule has 1 saturated heterocycles. The first-order valence-electron chi connectivity index (χ1n) is 11.5. The Kier molecular flexibility index (Phi) is 7.89. The molecule has 0 saturated carbocycles. The fourth-order valence-electron chi connectivity index (χ4n) is 4.03. The van der Waals surface area contributed by atoms with Crippen molar-refractivity contribution in [3.05, 3.63) is 59.1 Å². The van der Waals surface area contributed by atoms with Gasteiger partial charge >= 0.3 is 5.97 Å². The Hall–Kier alpha value is -3.76. The second-order valence-electron chi connectivity index (χ2n) is 8.67. The fourth-order valence-corrected chi connectivity index (χ4v) is 4.23. The van der Waals surface area contributed by atoms with Crippen molar-refractivity contribution in [3.63, 3.8) is 0 Å². The summed E-state index contributed by atoms with van der Waals surface area (Å²) < 4.78 is 32.2. The van der Waals surface area contributed by atoms with Gasteiger partial charge in [0.1, 0.15) is 28.4 Å². The van der Waals surface area contributed by atoms with E-state index in [-0.39, 0.29) is 52.8 Å². The summed E-state index contributed by atoms with van der Waals surface area (Å²) in [5.41, 5.74) is 0.574. The van der Waals surface area contributed by atoms with E-state index < -0.39 is 29.7 Å². The molecule has 3 heterocycles. The van der Waals surface area contributed by atoms with Gasteiger partial charge in [-0.05, 0) is 44.9 Å². The molecule has 0 aliphatic carbocycles. The molecule has 3 aromatic rings. The van der Waals surface area contributed by atoms with Crippen LogP contribution in [0.3, 0.4) is 0 Å². The van der Waals surface area contributed by atoms with Gasteiger partial charge in [0, 0.05) is 29.5 Å². The third-order valence-electron chi connectivity index (χ3n) is 5.71. The fraction of sp³-hybridized carbons (Fsp3) is 0.308. The maximum atomic E-state index is 15.3. The molecule has 0 bridgehead atoms. The number of benzene rings is 1. The molecule has 9 nitrogen and oxygen atoms in total. The van der Waals surface area contributed by atoms with Gasteiger partial charge < -0.3 is 19.3 Å². The first-order valence-corrected chi connectivity index (χ1v) is 11.9. The molecule has 1 fully saturated rings. The van der Waals surface area contributed by atoms with Gasteiger partial charge in [0.05, 0.1) is 31.0 Å². The Morgan fingerprint density at radius 3 is 2.54 bits per heavy atom. The number of ether oxygens (including phenoxy) is 3. The normalized spacial score (nSPS) is 17.0. The number of carboxylic acids is 1. The van der Waals surface area contributed by atoms with Gasteiger partial charge in [0.25, 0.3) is 0 Å². The van der Waals surface area contributed by atoms with Crippen molar-refractivity contribution in [2.75, 3.05) is 7.11 Å². The number of halogens is 2. The number of ketones is 1. The lowest BCUT2D eigenvalue weighted by atomic mass is 9.96. The Morgan fingerprint density at radius 1 is 1.14 bits per heavy atom. The number of aliphatic carboxylic acids is 1.